The van der Waals surface area contributed by atoms with Crippen LogP contribution in [0.1, 0.15) is 16.8 Å². The van der Waals surface area contributed by atoms with E-state index >= 15 is 0 Å². The number of hydrogen-bond donors (Lipinski definition) is 2. The molecule has 5 nitrogen and oxygen atoms in total. The Kier molecular flexibility index (Phi) is 6.19. The Hall–Kier alpha value is -1.89. The molecule has 1 atom stereocenters. The molecule has 3 N–H and O–H groups in total. The van der Waals surface area contributed by atoms with Gasteiger partial charge in [0.1, 0.15) is 10.1 Å². The second-order valence-corrected chi connectivity index (χ2v) is 8.80. The minimum Gasteiger partial charge on any atom is -0.484 e. The third-order valence-electron chi connectivity index (χ3n) is 4.05. The summed E-state index contributed by atoms with van der Waals surface area (Å²) < 4.78 is 4.83. The number of carbonyl (C=O) groups is 2. The van der Waals surface area contributed by atoms with Crippen LogP contribution >= 0.6 is 35.0 Å². The van der Waals surface area contributed by atoms with Crippen LogP contribution in [-0.4, -0.2) is 28.5 Å². The molecule has 0 bridgehead atoms. The average molecular weight is 425 g/mol. The maximum Gasteiger partial charge on any atom is 0.262 e. The Morgan fingerprint density at radius 3 is 2.67 bits per heavy atom. The van der Waals surface area contributed by atoms with Crippen LogP contribution in [0.15, 0.2) is 53.4 Å². The molecule has 1 aliphatic rings. The Morgan fingerprint density at radius 1 is 1.22 bits per heavy atom. The fourth-order valence-corrected chi connectivity index (χ4v) is 4.35. The van der Waals surface area contributed by atoms with Crippen molar-refractivity contribution < 1.29 is 14.3 Å². The lowest BCUT2D eigenvalue weighted by atomic mass is 10.2. The van der Waals surface area contributed by atoms with Gasteiger partial charge < -0.3 is 15.8 Å². The Bertz CT molecular complexity index is 860. The van der Waals surface area contributed by atoms with E-state index in [2.05, 4.69) is 5.32 Å². The second-order valence-electron chi connectivity index (χ2n) is 6.20. The lowest BCUT2D eigenvalue weighted by molar-refractivity contribution is -0.118. The topological polar surface area (TPSA) is 81.4 Å². The van der Waals surface area contributed by atoms with E-state index in [0.29, 0.717) is 17.0 Å². The molecule has 8 heteroatoms. The zero-order valence-corrected chi connectivity index (χ0v) is 16.6. The first-order valence-electron chi connectivity index (χ1n) is 8.27. The van der Waals surface area contributed by atoms with Gasteiger partial charge in [0, 0.05) is 22.1 Å². The van der Waals surface area contributed by atoms with E-state index in [0.717, 1.165) is 17.1 Å². The third kappa shape index (κ3) is 5.54. The molecular weight excluding hydrogens is 407 g/mol. The molecule has 27 heavy (non-hydrogen) atoms. The zero-order valence-electron chi connectivity index (χ0n) is 14.3. The lowest BCUT2D eigenvalue weighted by Gasteiger charge is -2.12. The highest BCUT2D eigenvalue weighted by molar-refractivity contribution is 7.99. The number of nitrogens with one attached hydrogen (secondary N) is 1. The number of amides is 2. The van der Waals surface area contributed by atoms with E-state index in [1.807, 2.05) is 24.3 Å². The van der Waals surface area contributed by atoms with Crippen molar-refractivity contribution in [3.05, 3.63) is 54.1 Å². The van der Waals surface area contributed by atoms with Crippen LogP contribution in [0, 0.1) is 5.92 Å². The number of halogens is 2. The van der Waals surface area contributed by atoms with Crippen LogP contribution in [0.2, 0.25) is 0 Å². The summed E-state index contributed by atoms with van der Waals surface area (Å²) in [4.78, 5) is 24.4. The van der Waals surface area contributed by atoms with Gasteiger partial charge in [0.05, 0.1) is 5.69 Å². The normalized spacial score (nSPS) is 17.2. The molecule has 3 rings (SSSR count). The molecule has 1 saturated carbocycles. The first-order valence-corrected chi connectivity index (χ1v) is 10.0. The Balaban J connectivity index is 1.55. The second kappa shape index (κ2) is 8.42. The van der Waals surface area contributed by atoms with Gasteiger partial charge in [-0.25, -0.2) is 0 Å². The van der Waals surface area contributed by atoms with E-state index in [-0.39, 0.29) is 18.4 Å². The minimum absolute atomic E-state index is 0.184. The fourth-order valence-electron chi connectivity index (χ4n) is 2.41. The average Bonchev–Trinajstić information content (AvgIpc) is 3.26. The molecule has 1 fully saturated rings. The van der Waals surface area contributed by atoms with Crippen molar-refractivity contribution in [3.63, 3.8) is 0 Å². The van der Waals surface area contributed by atoms with E-state index in [1.165, 1.54) is 6.07 Å². The van der Waals surface area contributed by atoms with Crippen molar-refractivity contribution in [2.24, 2.45) is 11.7 Å². The number of carbonyl (C=O) groups excluding carboxylic acids is 2. The number of nitrogens with two attached hydrogens (primary N) is 1. The van der Waals surface area contributed by atoms with E-state index in [1.54, 1.807) is 30.0 Å². The first-order chi connectivity index (χ1) is 12.8. The van der Waals surface area contributed by atoms with Crippen LogP contribution in [0.25, 0.3) is 0 Å². The number of ether oxygens (including phenoxy) is 1. The predicted molar refractivity (Wildman–Crippen MR) is 109 cm³/mol. The van der Waals surface area contributed by atoms with E-state index < -0.39 is 10.2 Å². The van der Waals surface area contributed by atoms with Gasteiger partial charge in [0.25, 0.3) is 5.91 Å². The molecule has 0 heterocycles. The highest BCUT2D eigenvalue weighted by Gasteiger charge is 2.51. The Morgan fingerprint density at radius 2 is 1.96 bits per heavy atom. The molecule has 0 saturated heterocycles. The quantitative estimate of drug-likeness (QED) is 0.493. The number of alkyl halides is 2. The molecule has 1 aliphatic carbocycles. The van der Waals surface area contributed by atoms with Gasteiger partial charge in [-0.05, 0) is 36.8 Å². The summed E-state index contributed by atoms with van der Waals surface area (Å²) in [6.07, 6.45) is 0.788. The Labute approximate surface area is 171 Å². The van der Waals surface area contributed by atoms with Crippen molar-refractivity contribution in [1.82, 2.24) is 0 Å². The molecule has 0 aromatic heterocycles. The summed E-state index contributed by atoms with van der Waals surface area (Å²) in [7, 11) is 0. The molecular formula is C19H18Cl2N2O3S. The van der Waals surface area contributed by atoms with Gasteiger partial charge in [0.2, 0.25) is 5.91 Å². The first kappa shape index (κ1) is 19.9. The highest BCUT2D eigenvalue weighted by atomic mass is 35.5. The molecule has 2 aromatic rings. The molecule has 2 amide bonds. The van der Waals surface area contributed by atoms with Crippen molar-refractivity contribution >= 4 is 52.5 Å². The number of hydrogen-bond acceptors (Lipinski definition) is 4. The highest BCUT2D eigenvalue weighted by Crippen LogP contribution is 2.55. The maximum atomic E-state index is 12.2. The van der Waals surface area contributed by atoms with Crippen molar-refractivity contribution in [3.8, 4) is 5.75 Å². The minimum atomic E-state index is -0.613. The SMILES string of the molecule is NC(=O)c1cccc(OCC(=O)Nc2ccccc2SCC2CC2(Cl)Cl)c1. The van der Waals surface area contributed by atoms with Gasteiger partial charge in [-0.3, -0.25) is 9.59 Å². The number of thioether (sulfide) groups is 1. The number of benzene rings is 2. The van der Waals surface area contributed by atoms with Gasteiger partial charge in [-0.1, -0.05) is 18.2 Å². The molecule has 0 radical (unpaired) electrons. The summed E-state index contributed by atoms with van der Waals surface area (Å²) in [5, 5.41) is 2.84. The summed E-state index contributed by atoms with van der Waals surface area (Å²) in [6.45, 7) is -0.184. The molecule has 142 valence electrons. The summed E-state index contributed by atoms with van der Waals surface area (Å²) in [5.74, 6) is 0.595. The van der Waals surface area contributed by atoms with Crippen LogP contribution in [0.5, 0.6) is 5.75 Å². The van der Waals surface area contributed by atoms with Crippen molar-refractivity contribution in [2.75, 3.05) is 17.7 Å². The summed E-state index contributed by atoms with van der Waals surface area (Å²) >= 11 is 13.7. The van der Waals surface area contributed by atoms with Crippen LogP contribution in [0.4, 0.5) is 5.69 Å². The van der Waals surface area contributed by atoms with E-state index in [9.17, 15) is 9.59 Å². The third-order valence-corrected chi connectivity index (χ3v) is 6.21. The number of anilines is 1. The monoisotopic (exact) mass is 424 g/mol. The number of primary amides is 1. The van der Waals surface area contributed by atoms with Crippen LogP contribution < -0.4 is 15.8 Å². The fraction of sp³-hybridized carbons (Fsp3) is 0.263. The van der Waals surface area contributed by atoms with Crippen LogP contribution in [-0.2, 0) is 4.79 Å². The number of para-hydroxylation sites is 1. The van der Waals surface area contributed by atoms with Gasteiger partial charge >= 0.3 is 0 Å². The number of rotatable bonds is 8. The summed E-state index contributed by atoms with van der Waals surface area (Å²) in [6, 6.07) is 13.9. The standard InChI is InChI=1S/C19H18Cl2N2O3S/c20-19(21)9-13(19)11-27-16-7-2-1-6-15(16)23-17(24)10-26-14-5-3-4-12(8-14)18(22)25/h1-8,13H,9-11H2,(H2,22,25)(H,23,24). The molecule has 2 aromatic carbocycles. The summed E-state index contributed by atoms with van der Waals surface area (Å²) in [5.41, 5.74) is 6.27. The predicted octanol–water partition coefficient (Wildman–Crippen LogP) is 4.09. The maximum absolute atomic E-state index is 12.2. The van der Waals surface area contributed by atoms with Gasteiger partial charge in [-0.15, -0.1) is 35.0 Å². The van der Waals surface area contributed by atoms with Gasteiger partial charge in [-0.2, -0.15) is 0 Å². The molecule has 0 spiro atoms. The zero-order chi connectivity index (χ0) is 19.4. The van der Waals surface area contributed by atoms with E-state index in [4.69, 9.17) is 33.7 Å². The van der Waals surface area contributed by atoms with Crippen LogP contribution in [0.3, 0.4) is 0 Å². The van der Waals surface area contributed by atoms with Crippen molar-refractivity contribution in [2.45, 2.75) is 15.6 Å². The lowest BCUT2D eigenvalue weighted by Crippen LogP contribution is -2.20. The molecule has 1 unspecified atom stereocenters. The van der Waals surface area contributed by atoms with Gasteiger partial charge in [0.15, 0.2) is 6.61 Å². The van der Waals surface area contributed by atoms with Crippen molar-refractivity contribution in [1.29, 1.82) is 0 Å². The molecule has 0 aliphatic heterocycles. The smallest absolute Gasteiger partial charge is 0.262 e. The largest absolute Gasteiger partial charge is 0.484 e.